The number of aliphatic carboxylic acids is 1. The minimum Gasteiger partial charge on any atom is -0.480 e. The van der Waals surface area contributed by atoms with Crippen LogP contribution in [0, 0.1) is 0 Å². The zero-order valence-corrected chi connectivity index (χ0v) is 9.54. The Balaban J connectivity index is 2.30. The van der Waals surface area contributed by atoms with Crippen LogP contribution in [0.15, 0.2) is 42.5 Å². The predicted octanol–water partition coefficient (Wildman–Crippen LogP) is 1.24. The van der Waals surface area contributed by atoms with Crippen molar-refractivity contribution in [2.45, 2.75) is 0 Å². The molecule has 0 heterocycles. The Bertz CT molecular complexity index is 610. The summed E-state index contributed by atoms with van der Waals surface area (Å²) in [5.41, 5.74) is 0.373. The van der Waals surface area contributed by atoms with E-state index >= 15 is 0 Å². The number of amides is 1. The molecular formula is C13H12N2O3. The Morgan fingerprint density at radius 2 is 1.78 bits per heavy atom. The van der Waals surface area contributed by atoms with Crippen LogP contribution in [0.5, 0.6) is 0 Å². The SMILES string of the molecule is NN(CC(=O)O)C(=O)c1ccc2ccccc2c1. The molecule has 0 saturated heterocycles. The molecule has 92 valence electrons. The van der Waals surface area contributed by atoms with Gasteiger partial charge in [0.2, 0.25) is 0 Å². The molecule has 0 saturated carbocycles. The second kappa shape index (κ2) is 4.85. The van der Waals surface area contributed by atoms with E-state index < -0.39 is 18.4 Å². The zero-order chi connectivity index (χ0) is 13.1. The first-order valence-corrected chi connectivity index (χ1v) is 5.35. The summed E-state index contributed by atoms with van der Waals surface area (Å²) >= 11 is 0. The fourth-order valence-corrected chi connectivity index (χ4v) is 1.71. The molecule has 5 nitrogen and oxygen atoms in total. The first-order chi connectivity index (χ1) is 8.58. The third-order valence-electron chi connectivity index (χ3n) is 2.56. The molecule has 5 heteroatoms. The molecule has 0 spiro atoms. The summed E-state index contributed by atoms with van der Waals surface area (Å²) in [5, 5.41) is 11.2. The normalized spacial score (nSPS) is 10.3. The van der Waals surface area contributed by atoms with Crippen molar-refractivity contribution in [1.82, 2.24) is 5.01 Å². The number of benzene rings is 2. The lowest BCUT2D eigenvalue weighted by Gasteiger charge is -2.14. The van der Waals surface area contributed by atoms with Gasteiger partial charge in [-0.1, -0.05) is 30.3 Å². The van der Waals surface area contributed by atoms with Crippen LogP contribution >= 0.6 is 0 Å². The van der Waals surface area contributed by atoms with Crippen LogP contribution in [-0.4, -0.2) is 28.5 Å². The lowest BCUT2D eigenvalue weighted by molar-refractivity contribution is -0.137. The molecule has 0 aliphatic rings. The van der Waals surface area contributed by atoms with Crippen LogP contribution in [-0.2, 0) is 4.79 Å². The summed E-state index contributed by atoms with van der Waals surface area (Å²) in [6, 6.07) is 12.7. The number of carboxylic acids is 1. The maximum Gasteiger partial charge on any atom is 0.324 e. The van der Waals surface area contributed by atoms with Gasteiger partial charge in [0.25, 0.3) is 5.91 Å². The van der Waals surface area contributed by atoms with Crippen molar-refractivity contribution in [3.05, 3.63) is 48.0 Å². The quantitative estimate of drug-likeness (QED) is 0.483. The molecule has 18 heavy (non-hydrogen) atoms. The second-order valence-corrected chi connectivity index (χ2v) is 3.89. The van der Waals surface area contributed by atoms with Gasteiger partial charge in [-0.2, -0.15) is 0 Å². The number of rotatable bonds is 3. The number of nitrogens with two attached hydrogens (primary N) is 1. The smallest absolute Gasteiger partial charge is 0.324 e. The highest BCUT2D eigenvalue weighted by atomic mass is 16.4. The maximum absolute atomic E-state index is 11.9. The summed E-state index contributed by atoms with van der Waals surface area (Å²) in [7, 11) is 0. The van der Waals surface area contributed by atoms with E-state index in [1.54, 1.807) is 18.2 Å². The van der Waals surface area contributed by atoms with Crippen molar-refractivity contribution >= 4 is 22.6 Å². The van der Waals surface area contributed by atoms with Crippen LogP contribution in [0.3, 0.4) is 0 Å². The Kier molecular flexibility index (Phi) is 3.25. The highest BCUT2D eigenvalue weighted by Gasteiger charge is 2.15. The molecule has 0 atom stereocenters. The maximum atomic E-state index is 11.9. The highest BCUT2D eigenvalue weighted by molar-refractivity contribution is 5.99. The van der Waals surface area contributed by atoms with E-state index in [-0.39, 0.29) is 0 Å². The molecular weight excluding hydrogens is 232 g/mol. The van der Waals surface area contributed by atoms with Gasteiger partial charge in [-0.3, -0.25) is 14.6 Å². The number of hydrazine groups is 1. The highest BCUT2D eigenvalue weighted by Crippen LogP contribution is 2.16. The Morgan fingerprint density at radius 3 is 2.44 bits per heavy atom. The van der Waals surface area contributed by atoms with E-state index in [4.69, 9.17) is 10.9 Å². The molecule has 0 aromatic heterocycles. The van der Waals surface area contributed by atoms with Gasteiger partial charge in [0.1, 0.15) is 6.54 Å². The number of hydrogen-bond acceptors (Lipinski definition) is 3. The van der Waals surface area contributed by atoms with Gasteiger partial charge >= 0.3 is 5.97 Å². The Hall–Kier alpha value is -2.40. The van der Waals surface area contributed by atoms with Crippen molar-refractivity contribution in [2.24, 2.45) is 5.84 Å². The van der Waals surface area contributed by atoms with Crippen molar-refractivity contribution in [3.8, 4) is 0 Å². The zero-order valence-electron chi connectivity index (χ0n) is 9.54. The first kappa shape index (κ1) is 12.1. The standard InChI is InChI=1S/C13H12N2O3/c14-15(8-12(16)17)13(18)11-6-5-9-3-1-2-4-10(9)7-11/h1-7H,8,14H2,(H,16,17). The summed E-state index contributed by atoms with van der Waals surface area (Å²) < 4.78 is 0. The molecule has 1 amide bonds. The minimum absolute atomic E-state index is 0.373. The van der Waals surface area contributed by atoms with Gasteiger partial charge in [-0.25, -0.2) is 5.84 Å². The van der Waals surface area contributed by atoms with Crippen LogP contribution in [0.2, 0.25) is 0 Å². The van der Waals surface area contributed by atoms with E-state index in [0.717, 1.165) is 10.8 Å². The molecule has 0 bridgehead atoms. The third-order valence-corrected chi connectivity index (χ3v) is 2.56. The van der Waals surface area contributed by atoms with Crippen LogP contribution < -0.4 is 5.84 Å². The van der Waals surface area contributed by atoms with Gasteiger partial charge in [-0.15, -0.1) is 0 Å². The Labute approximate surface area is 103 Å². The van der Waals surface area contributed by atoms with Crippen molar-refractivity contribution in [2.75, 3.05) is 6.54 Å². The summed E-state index contributed by atoms with van der Waals surface area (Å²) in [5.74, 6) is 3.74. The number of carbonyl (C=O) groups is 2. The van der Waals surface area contributed by atoms with Gasteiger partial charge in [0, 0.05) is 5.56 Å². The Morgan fingerprint density at radius 1 is 1.11 bits per heavy atom. The van der Waals surface area contributed by atoms with Gasteiger partial charge < -0.3 is 5.11 Å². The minimum atomic E-state index is -1.15. The van der Waals surface area contributed by atoms with Crippen molar-refractivity contribution in [3.63, 3.8) is 0 Å². The summed E-state index contributed by atoms with van der Waals surface area (Å²) in [6.07, 6.45) is 0. The van der Waals surface area contributed by atoms with E-state index in [1.807, 2.05) is 24.3 Å². The average molecular weight is 244 g/mol. The van der Waals surface area contributed by atoms with E-state index in [2.05, 4.69) is 0 Å². The second-order valence-electron chi connectivity index (χ2n) is 3.89. The molecule has 2 aromatic rings. The fourth-order valence-electron chi connectivity index (χ4n) is 1.71. The lowest BCUT2D eigenvalue weighted by Crippen LogP contribution is -2.41. The van der Waals surface area contributed by atoms with E-state index in [1.165, 1.54) is 0 Å². The number of nitrogens with zero attached hydrogens (tertiary/aromatic N) is 1. The number of carboxylic acid groups (broad SMARTS) is 1. The molecule has 0 aliphatic heterocycles. The topological polar surface area (TPSA) is 83.6 Å². The van der Waals surface area contributed by atoms with Crippen LogP contribution in [0.4, 0.5) is 0 Å². The molecule has 0 aliphatic carbocycles. The molecule has 0 fully saturated rings. The number of fused-ring (bicyclic) bond motifs is 1. The van der Waals surface area contributed by atoms with Crippen molar-refractivity contribution in [1.29, 1.82) is 0 Å². The number of hydrogen-bond donors (Lipinski definition) is 2. The predicted molar refractivity (Wildman–Crippen MR) is 66.8 cm³/mol. The molecule has 0 radical (unpaired) electrons. The monoisotopic (exact) mass is 244 g/mol. The van der Waals surface area contributed by atoms with E-state index in [0.29, 0.717) is 10.6 Å². The van der Waals surface area contributed by atoms with Crippen LogP contribution in [0.1, 0.15) is 10.4 Å². The van der Waals surface area contributed by atoms with Crippen molar-refractivity contribution < 1.29 is 14.7 Å². The molecule has 0 unspecified atom stereocenters. The largest absolute Gasteiger partial charge is 0.480 e. The van der Waals surface area contributed by atoms with E-state index in [9.17, 15) is 9.59 Å². The molecule has 2 aromatic carbocycles. The van der Waals surface area contributed by atoms with Crippen LogP contribution in [0.25, 0.3) is 10.8 Å². The average Bonchev–Trinajstić information content (AvgIpc) is 2.36. The molecule has 2 rings (SSSR count). The fraction of sp³-hybridized carbons (Fsp3) is 0.0769. The van der Waals surface area contributed by atoms with Gasteiger partial charge in [-0.05, 0) is 22.9 Å². The van der Waals surface area contributed by atoms with Gasteiger partial charge in [0.15, 0.2) is 0 Å². The number of carbonyl (C=O) groups excluding carboxylic acids is 1. The molecule has 3 N–H and O–H groups in total. The summed E-state index contributed by atoms with van der Waals surface area (Å²) in [6.45, 7) is -0.522. The lowest BCUT2D eigenvalue weighted by atomic mass is 10.1. The first-order valence-electron chi connectivity index (χ1n) is 5.35. The third kappa shape index (κ3) is 2.46. The summed E-state index contributed by atoms with van der Waals surface area (Å²) in [4.78, 5) is 22.3. The van der Waals surface area contributed by atoms with Gasteiger partial charge in [0.05, 0.1) is 0 Å².